The summed E-state index contributed by atoms with van der Waals surface area (Å²) in [5, 5.41) is 5.60. The molecule has 0 aromatic heterocycles. The van der Waals surface area contributed by atoms with Gasteiger partial charge in [-0.3, -0.25) is 14.9 Å². The highest BCUT2D eigenvalue weighted by atomic mass is 16.5. The van der Waals surface area contributed by atoms with Crippen molar-refractivity contribution in [2.75, 3.05) is 11.9 Å². The van der Waals surface area contributed by atoms with Crippen molar-refractivity contribution in [3.05, 3.63) is 65.7 Å². The van der Waals surface area contributed by atoms with E-state index in [0.717, 1.165) is 25.1 Å². The molecular weight excluding hydrogens is 352 g/mol. The lowest BCUT2D eigenvalue weighted by Gasteiger charge is -2.35. The molecule has 1 unspecified atom stereocenters. The normalized spacial score (nSPS) is 24.4. The first kappa shape index (κ1) is 18.7. The molecule has 5 nitrogen and oxygen atoms in total. The van der Waals surface area contributed by atoms with Gasteiger partial charge in [-0.25, -0.2) is 0 Å². The molecule has 0 bridgehead atoms. The zero-order chi connectivity index (χ0) is 19.3. The third-order valence-corrected chi connectivity index (χ3v) is 5.66. The molecule has 0 radical (unpaired) electrons. The first-order chi connectivity index (χ1) is 13.7. The van der Waals surface area contributed by atoms with E-state index in [9.17, 15) is 9.59 Å². The lowest BCUT2D eigenvalue weighted by atomic mass is 9.72. The smallest absolute Gasteiger partial charge is 0.249 e. The Kier molecular flexibility index (Phi) is 5.72. The standard InChI is InChI=1S/C23H26N2O3/c26-22-11-10-21(23(27)25-22)24-20-8-6-18(7-9-20)19-12-17(13-19)15-28-14-16-4-2-1-3-5-16/h1-9,17,19,21,24H,10-15H2,(H,25,26,27). The second-order valence-corrected chi connectivity index (χ2v) is 7.81. The van der Waals surface area contributed by atoms with Gasteiger partial charge in [0.2, 0.25) is 11.8 Å². The van der Waals surface area contributed by atoms with E-state index >= 15 is 0 Å². The minimum Gasteiger partial charge on any atom is -0.376 e. The Morgan fingerprint density at radius 2 is 1.75 bits per heavy atom. The molecule has 1 aliphatic carbocycles. The molecule has 1 saturated heterocycles. The Labute approximate surface area is 165 Å². The lowest BCUT2D eigenvalue weighted by molar-refractivity contribution is -0.133. The van der Waals surface area contributed by atoms with Gasteiger partial charge in [0.05, 0.1) is 6.61 Å². The molecule has 146 valence electrons. The summed E-state index contributed by atoms with van der Waals surface area (Å²) in [6.07, 6.45) is 3.25. The van der Waals surface area contributed by atoms with Crippen LogP contribution >= 0.6 is 0 Å². The summed E-state index contributed by atoms with van der Waals surface area (Å²) in [5.74, 6) is 0.799. The van der Waals surface area contributed by atoms with Crippen molar-refractivity contribution in [2.24, 2.45) is 5.92 Å². The molecule has 5 heteroatoms. The zero-order valence-corrected chi connectivity index (χ0v) is 15.9. The Morgan fingerprint density at radius 3 is 2.46 bits per heavy atom. The highest BCUT2D eigenvalue weighted by Crippen LogP contribution is 2.42. The second-order valence-electron chi connectivity index (χ2n) is 7.81. The Hall–Kier alpha value is -2.66. The van der Waals surface area contributed by atoms with Crippen molar-refractivity contribution in [3.63, 3.8) is 0 Å². The van der Waals surface area contributed by atoms with Gasteiger partial charge in [0.1, 0.15) is 6.04 Å². The number of nitrogens with one attached hydrogen (secondary N) is 2. The van der Waals surface area contributed by atoms with E-state index in [1.807, 2.05) is 30.3 Å². The van der Waals surface area contributed by atoms with Crippen LogP contribution in [0, 0.1) is 5.92 Å². The minimum atomic E-state index is -0.335. The maximum atomic E-state index is 11.8. The van der Waals surface area contributed by atoms with Crippen molar-refractivity contribution >= 4 is 17.5 Å². The predicted molar refractivity (Wildman–Crippen MR) is 108 cm³/mol. The van der Waals surface area contributed by atoms with Gasteiger partial charge in [-0.15, -0.1) is 0 Å². The molecule has 28 heavy (non-hydrogen) atoms. The maximum Gasteiger partial charge on any atom is 0.249 e. The average Bonchev–Trinajstić information content (AvgIpc) is 2.67. The van der Waals surface area contributed by atoms with Crippen LogP contribution in [0.3, 0.4) is 0 Å². The summed E-state index contributed by atoms with van der Waals surface area (Å²) >= 11 is 0. The van der Waals surface area contributed by atoms with Gasteiger partial charge >= 0.3 is 0 Å². The molecule has 1 heterocycles. The van der Waals surface area contributed by atoms with E-state index in [4.69, 9.17) is 4.74 Å². The predicted octanol–water partition coefficient (Wildman–Crippen LogP) is 3.61. The molecule has 4 rings (SSSR count). The van der Waals surface area contributed by atoms with Crippen LogP contribution in [0.25, 0.3) is 0 Å². The summed E-state index contributed by atoms with van der Waals surface area (Å²) in [7, 11) is 0. The zero-order valence-electron chi connectivity index (χ0n) is 15.9. The fraction of sp³-hybridized carbons (Fsp3) is 0.391. The van der Waals surface area contributed by atoms with Gasteiger partial charge in [-0.2, -0.15) is 0 Å². The lowest BCUT2D eigenvalue weighted by Crippen LogP contribution is -2.47. The number of piperidine rings is 1. The van der Waals surface area contributed by atoms with Gasteiger partial charge in [0, 0.05) is 18.7 Å². The molecule has 1 saturated carbocycles. The summed E-state index contributed by atoms with van der Waals surface area (Å²) in [4.78, 5) is 23.1. The Balaban J connectivity index is 1.20. The molecule has 0 spiro atoms. The van der Waals surface area contributed by atoms with Gasteiger partial charge in [0.15, 0.2) is 0 Å². The molecule has 1 aliphatic heterocycles. The number of anilines is 1. The fourth-order valence-electron chi connectivity index (χ4n) is 3.95. The number of ether oxygens (including phenoxy) is 1. The van der Waals surface area contributed by atoms with Crippen molar-refractivity contribution in [1.29, 1.82) is 0 Å². The number of imide groups is 1. The van der Waals surface area contributed by atoms with Gasteiger partial charge < -0.3 is 10.1 Å². The van der Waals surface area contributed by atoms with E-state index in [-0.39, 0.29) is 17.9 Å². The topological polar surface area (TPSA) is 67.4 Å². The first-order valence-electron chi connectivity index (χ1n) is 9.99. The van der Waals surface area contributed by atoms with Crippen molar-refractivity contribution in [2.45, 2.75) is 44.2 Å². The largest absolute Gasteiger partial charge is 0.376 e. The number of hydrogen-bond donors (Lipinski definition) is 2. The number of hydrogen-bond acceptors (Lipinski definition) is 4. The van der Waals surface area contributed by atoms with E-state index < -0.39 is 0 Å². The molecule has 2 aliphatic rings. The highest BCUT2D eigenvalue weighted by Gasteiger charge is 2.30. The van der Waals surface area contributed by atoms with Crippen molar-refractivity contribution in [1.82, 2.24) is 5.32 Å². The quantitative estimate of drug-likeness (QED) is 0.722. The number of amides is 2. The molecule has 2 aromatic rings. The van der Waals surface area contributed by atoms with Gasteiger partial charge in [0.25, 0.3) is 0 Å². The SMILES string of the molecule is O=C1CCC(Nc2ccc(C3CC(COCc4ccccc4)C3)cc2)C(=O)N1. The fourth-order valence-corrected chi connectivity index (χ4v) is 3.95. The van der Waals surface area contributed by atoms with Crippen LogP contribution in [0.5, 0.6) is 0 Å². The van der Waals surface area contributed by atoms with E-state index in [1.165, 1.54) is 11.1 Å². The minimum absolute atomic E-state index is 0.189. The molecule has 1 atom stereocenters. The number of rotatable bonds is 7. The maximum absolute atomic E-state index is 11.8. The molecular formula is C23H26N2O3. The summed E-state index contributed by atoms with van der Waals surface area (Å²) < 4.78 is 5.86. The monoisotopic (exact) mass is 378 g/mol. The molecule has 2 N–H and O–H groups in total. The molecule has 2 aromatic carbocycles. The number of carbonyl (C=O) groups excluding carboxylic acids is 2. The van der Waals surface area contributed by atoms with Crippen LogP contribution in [0.1, 0.15) is 42.7 Å². The van der Waals surface area contributed by atoms with Crippen LogP contribution in [0.4, 0.5) is 5.69 Å². The third-order valence-electron chi connectivity index (χ3n) is 5.66. The van der Waals surface area contributed by atoms with Crippen LogP contribution in [-0.2, 0) is 20.9 Å². The Bertz CT molecular complexity index is 814. The van der Waals surface area contributed by atoms with Gasteiger partial charge in [-0.1, -0.05) is 42.5 Å². The van der Waals surface area contributed by atoms with Crippen LogP contribution < -0.4 is 10.6 Å². The van der Waals surface area contributed by atoms with Crippen molar-refractivity contribution in [3.8, 4) is 0 Å². The summed E-state index contributed by atoms with van der Waals surface area (Å²) in [5.41, 5.74) is 3.48. The van der Waals surface area contributed by atoms with Gasteiger partial charge in [-0.05, 0) is 54.4 Å². The average molecular weight is 378 g/mol. The van der Waals surface area contributed by atoms with Crippen LogP contribution in [0.15, 0.2) is 54.6 Å². The summed E-state index contributed by atoms with van der Waals surface area (Å²) in [6.45, 7) is 1.50. The van der Waals surface area contributed by atoms with Crippen molar-refractivity contribution < 1.29 is 14.3 Å². The first-order valence-corrected chi connectivity index (χ1v) is 9.99. The number of benzene rings is 2. The molecule has 2 fully saturated rings. The molecule has 2 amide bonds. The third kappa shape index (κ3) is 4.60. The van der Waals surface area contributed by atoms with E-state index in [0.29, 0.717) is 31.3 Å². The highest BCUT2D eigenvalue weighted by molar-refractivity contribution is 6.01. The van der Waals surface area contributed by atoms with Crippen LogP contribution in [-0.4, -0.2) is 24.5 Å². The van der Waals surface area contributed by atoms with E-state index in [2.05, 4.69) is 34.9 Å². The Morgan fingerprint density at radius 1 is 1.00 bits per heavy atom. The van der Waals surface area contributed by atoms with E-state index in [1.54, 1.807) is 0 Å². The van der Waals surface area contributed by atoms with Crippen LogP contribution in [0.2, 0.25) is 0 Å². The summed E-state index contributed by atoms with van der Waals surface area (Å²) in [6, 6.07) is 18.3. The number of carbonyl (C=O) groups is 2. The second kappa shape index (κ2) is 8.57.